The fourth-order valence-electron chi connectivity index (χ4n) is 2.10. The first-order chi connectivity index (χ1) is 8.54. The average molecular weight is 266 g/mol. The molecule has 5 heteroatoms. The van der Waals surface area contributed by atoms with E-state index in [-0.39, 0.29) is 11.8 Å². The van der Waals surface area contributed by atoms with E-state index in [1.807, 2.05) is 6.92 Å². The van der Waals surface area contributed by atoms with Crippen LogP contribution in [0.2, 0.25) is 5.02 Å². The summed E-state index contributed by atoms with van der Waals surface area (Å²) in [6, 6.07) is 6.47. The van der Waals surface area contributed by atoms with Crippen LogP contribution in [0.25, 0.3) is 10.9 Å². The summed E-state index contributed by atoms with van der Waals surface area (Å²) >= 11 is 6.11. The summed E-state index contributed by atoms with van der Waals surface area (Å²) in [5, 5.41) is 9.84. The number of aliphatic carboxylic acids is 1. The molecule has 1 heterocycles. The molecule has 18 heavy (non-hydrogen) atoms. The molecule has 0 fully saturated rings. The van der Waals surface area contributed by atoms with Gasteiger partial charge < -0.3 is 9.67 Å². The molecule has 94 valence electrons. The van der Waals surface area contributed by atoms with Crippen LogP contribution in [0.4, 0.5) is 0 Å². The Balaban J connectivity index is 2.86. The number of aromatic nitrogens is 1. The van der Waals surface area contributed by atoms with Crippen LogP contribution in [0.1, 0.15) is 12.6 Å². The number of carbonyl (C=O) groups is 1. The number of para-hydroxylation sites is 1. The summed E-state index contributed by atoms with van der Waals surface area (Å²) in [7, 11) is 0. The highest BCUT2D eigenvalue weighted by molar-refractivity contribution is 6.35. The van der Waals surface area contributed by atoms with Crippen molar-refractivity contribution in [3.8, 4) is 0 Å². The number of halogens is 1. The molecule has 0 spiro atoms. The fraction of sp³-hybridized carbons (Fsp3) is 0.231. The largest absolute Gasteiger partial charge is 0.481 e. The van der Waals surface area contributed by atoms with Gasteiger partial charge in [0.2, 0.25) is 0 Å². The minimum atomic E-state index is -0.969. The van der Waals surface area contributed by atoms with E-state index in [1.165, 1.54) is 6.07 Å². The van der Waals surface area contributed by atoms with Gasteiger partial charge in [0.1, 0.15) is 0 Å². The number of carboxylic acid groups (broad SMARTS) is 1. The zero-order valence-corrected chi connectivity index (χ0v) is 10.6. The van der Waals surface area contributed by atoms with E-state index < -0.39 is 5.97 Å². The van der Waals surface area contributed by atoms with E-state index in [0.717, 1.165) is 0 Å². The Morgan fingerprint density at radius 1 is 1.44 bits per heavy atom. The molecule has 4 nitrogen and oxygen atoms in total. The molecule has 0 saturated carbocycles. The summed E-state index contributed by atoms with van der Waals surface area (Å²) < 4.78 is 1.77. The van der Waals surface area contributed by atoms with E-state index in [9.17, 15) is 9.59 Å². The summed E-state index contributed by atoms with van der Waals surface area (Å²) in [6.45, 7) is 2.45. The van der Waals surface area contributed by atoms with Crippen molar-refractivity contribution in [1.82, 2.24) is 4.57 Å². The van der Waals surface area contributed by atoms with E-state index in [4.69, 9.17) is 16.7 Å². The van der Waals surface area contributed by atoms with Crippen molar-refractivity contribution in [2.45, 2.75) is 19.9 Å². The quantitative estimate of drug-likeness (QED) is 0.926. The van der Waals surface area contributed by atoms with Crippen LogP contribution < -0.4 is 5.43 Å². The van der Waals surface area contributed by atoms with Crippen molar-refractivity contribution in [2.75, 3.05) is 0 Å². The highest BCUT2D eigenvalue weighted by atomic mass is 35.5. The monoisotopic (exact) mass is 265 g/mol. The second-order valence-corrected chi connectivity index (χ2v) is 4.36. The van der Waals surface area contributed by atoms with Crippen molar-refractivity contribution in [1.29, 1.82) is 0 Å². The van der Waals surface area contributed by atoms with Crippen LogP contribution >= 0.6 is 11.6 Å². The molecule has 0 saturated heterocycles. The molecule has 0 atom stereocenters. The molecule has 0 aliphatic rings. The van der Waals surface area contributed by atoms with Crippen molar-refractivity contribution >= 4 is 28.5 Å². The van der Waals surface area contributed by atoms with Gasteiger partial charge in [0.15, 0.2) is 5.43 Å². The Hall–Kier alpha value is -1.81. The van der Waals surface area contributed by atoms with Crippen molar-refractivity contribution in [3.63, 3.8) is 0 Å². The fourth-order valence-corrected chi connectivity index (χ4v) is 2.38. The molecule has 2 aromatic rings. The van der Waals surface area contributed by atoms with Crippen LogP contribution in [0.15, 0.2) is 29.1 Å². The summed E-state index contributed by atoms with van der Waals surface area (Å²) in [4.78, 5) is 22.8. The number of aryl methyl sites for hydroxylation is 1. The van der Waals surface area contributed by atoms with Crippen LogP contribution in [0.3, 0.4) is 0 Å². The zero-order valence-electron chi connectivity index (χ0n) is 9.81. The third kappa shape index (κ3) is 2.11. The molecule has 1 aromatic heterocycles. The van der Waals surface area contributed by atoms with Gasteiger partial charge in [-0.15, -0.1) is 0 Å². The van der Waals surface area contributed by atoms with Crippen LogP contribution in [0, 0.1) is 0 Å². The van der Waals surface area contributed by atoms with Crippen LogP contribution in [-0.2, 0) is 17.8 Å². The highest BCUT2D eigenvalue weighted by Crippen LogP contribution is 2.22. The van der Waals surface area contributed by atoms with Gasteiger partial charge in [-0.05, 0) is 19.1 Å². The van der Waals surface area contributed by atoms with Gasteiger partial charge in [0, 0.05) is 23.7 Å². The third-order valence-electron chi connectivity index (χ3n) is 2.82. The molecule has 0 amide bonds. The first kappa shape index (κ1) is 12.6. The molecular formula is C13H12ClNO3. The average Bonchev–Trinajstić information content (AvgIpc) is 2.30. The van der Waals surface area contributed by atoms with E-state index in [2.05, 4.69) is 0 Å². The van der Waals surface area contributed by atoms with Crippen LogP contribution in [0.5, 0.6) is 0 Å². The predicted molar refractivity (Wildman–Crippen MR) is 70.2 cm³/mol. The minimum absolute atomic E-state index is 0.190. The Morgan fingerprint density at radius 2 is 2.17 bits per heavy atom. The Bertz CT molecular complexity index is 676. The van der Waals surface area contributed by atoms with Gasteiger partial charge >= 0.3 is 5.97 Å². The second kappa shape index (κ2) is 4.82. The molecule has 0 radical (unpaired) electrons. The van der Waals surface area contributed by atoms with Crippen molar-refractivity contribution < 1.29 is 9.90 Å². The second-order valence-electron chi connectivity index (χ2n) is 3.95. The number of nitrogens with zero attached hydrogens (tertiary/aromatic N) is 1. The Morgan fingerprint density at radius 3 is 2.78 bits per heavy atom. The van der Waals surface area contributed by atoms with E-state index in [1.54, 1.807) is 22.8 Å². The van der Waals surface area contributed by atoms with Crippen molar-refractivity contribution in [2.24, 2.45) is 0 Å². The van der Waals surface area contributed by atoms with E-state index >= 15 is 0 Å². The summed E-state index contributed by atoms with van der Waals surface area (Å²) in [6.07, 6.45) is -0.190. The van der Waals surface area contributed by atoms with Gasteiger partial charge in [-0.25, -0.2) is 0 Å². The maximum Gasteiger partial charge on any atom is 0.309 e. The topological polar surface area (TPSA) is 59.3 Å². The number of fused-ring (bicyclic) bond motifs is 1. The lowest BCUT2D eigenvalue weighted by molar-refractivity contribution is -0.136. The molecule has 0 bridgehead atoms. The summed E-state index contributed by atoms with van der Waals surface area (Å²) in [5.41, 5.74) is 0.870. The maximum atomic E-state index is 11.9. The minimum Gasteiger partial charge on any atom is -0.481 e. The third-order valence-corrected chi connectivity index (χ3v) is 3.12. The SMILES string of the molecule is CCn1c(CC(=O)O)cc(=O)c2cccc(Cl)c21. The molecule has 1 aromatic carbocycles. The first-order valence-corrected chi connectivity index (χ1v) is 5.95. The lowest BCUT2D eigenvalue weighted by Crippen LogP contribution is -2.16. The van der Waals surface area contributed by atoms with E-state index in [0.29, 0.717) is 28.2 Å². The van der Waals surface area contributed by atoms with Gasteiger partial charge in [0.25, 0.3) is 0 Å². The maximum absolute atomic E-state index is 11.9. The van der Waals surface area contributed by atoms with Crippen molar-refractivity contribution in [3.05, 3.63) is 45.2 Å². The first-order valence-electron chi connectivity index (χ1n) is 5.57. The van der Waals surface area contributed by atoms with Gasteiger partial charge in [-0.2, -0.15) is 0 Å². The molecule has 0 aliphatic heterocycles. The number of rotatable bonds is 3. The molecule has 2 rings (SSSR count). The predicted octanol–water partition coefficient (Wildman–Crippen LogP) is 2.30. The standard InChI is InChI=1S/C13H12ClNO3/c1-2-15-8(7-12(17)18)6-11(16)9-4-3-5-10(14)13(9)15/h3-6H,2,7H2,1H3,(H,17,18). The van der Waals surface area contributed by atoms with Gasteiger partial charge in [-0.3, -0.25) is 9.59 Å². The number of pyridine rings is 1. The highest BCUT2D eigenvalue weighted by Gasteiger charge is 2.12. The Labute approximate surface area is 108 Å². The Kier molecular flexibility index (Phi) is 3.39. The number of hydrogen-bond acceptors (Lipinski definition) is 2. The van der Waals surface area contributed by atoms with Crippen LogP contribution in [-0.4, -0.2) is 15.6 Å². The molecule has 1 N–H and O–H groups in total. The molecule has 0 unspecified atom stereocenters. The number of hydrogen-bond donors (Lipinski definition) is 1. The summed E-state index contributed by atoms with van der Waals surface area (Å²) in [5.74, 6) is -0.969. The molecule has 0 aliphatic carbocycles. The lowest BCUT2D eigenvalue weighted by atomic mass is 10.1. The van der Waals surface area contributed by atoms with Gasteiger partial charge in [-0.1, -0.05) is 17.7 Å². The number of benzene rings is 1. The lowest BCUT2D eigenvalue weighted by Gasteiger charge is -2.14. The normalized spacial score (nSPS) is 10.8. The smallest absolute Gasteiger partial charge is 0.309 e. The van der Waals surface area contributed by atoms with Gasteiger partial charge in [0.05, 0.1) is 17.0 Å². The number of carboxylic acids is 1. The zero-order chi connectivity index (χ0) is 13.3. The molecular weight excluding hydrogens is 254 g/mol.